The van der Waals surface area contributed by atoms with Crippen molar-refractivity contribution in [2.24, 2.45) is 0 Å². The lowest BCUT2D eigenvalue weighted by molar-refractivity contribution is -0.115. The number of anilines is 1. The topological polar surface area (TPSA) is 85.6 Å². The van der Waals surface area contributed by atoms with Crippen LogP contribution in [0.15, 0.2) is 23.4 Å². The van der Waals surface area contributed by atoms with Crippen LogP contribution in [0.5, 0.6) is 0 Å². The monoisotopic (exact) mass is 510 g/mol. The van der Waals surface area contributed by atoms with Gasteiger partial charge in [0, 0.05) is 10.3 Å². The van der Waals surface area contributed by atoms with E-state index in [1.54, 1.807) is 6.92 Å². The molecule has 0 aliphatic carbocycles. The Morgan fingerprint density at radius 2 is 1.83 bits per heavy atom. The third-order valence-corrected chi connectivity index (χ3v) is 8.54. The summed E-state index contributed by atoms with van der Waals surface area (Å²) in [6.45, 7) is 14.1. The average Bonchev–Trinajstić information content (AvgIpc) is 3.31. The molecule has 0 aliphatic heterocycles. The van der Waals surface area contributed by atoms with Gasteiger partial charge in [-0.15, -0.1) is 21.5 Å². The predicted molar refractivity (Wildman–Crippen MR) is 143 cm³/mol. The summed E-state index contributed by atoms with van der Waals surface area (Å²) in [5, 5.41) is 13.8. The number of thioether (sulfide) groups is 1. The van der Waals surface area contributed by atoms with Crippen LogP contribution in [-0.4, -0.2) is 38.3 Å². The minimum Gasteiger partial charge on any atom is -0.462 e. The fourth-order valence-electron chi connectivity index (χ4n) is 4.30. The van der Waals surface area contributed by atoms with Gasteiger partial charge < -0.3 is 10.1 Å². The van der Waals surface area contributed by atoms with E-state index in [4.69, 9.17) is 4.74 Å². The van der Waals surface area contributed by atoms with Crippen molar-refractivity contribution in [2.45, 2.75) is 65.3 Å². The summed E-state index contributed by atoms with van der Waals surface area (Å²) in [5.74, 6) is -0.591. The van der Waals surface area contributed by atoms with E-state index in [9.17, 15) is 9.59 Å². The van der Waals surface area contributed by atoms with Crippen LogP contribution in [0.25, 0.3) is 16.6 Å². The molecule has 0 aliphatic rings. The highest BCUT2D eigenvalue weighted by molar-refractivity contribution is 8.00. The molecule has 0 radical (unpaired) electrons. The third kappa shape index (κ3) is 4.67. The molecular formula is C26H30N4O3S2. The zero-order valence-corrected chi connectivity index (χ0v) is 22.7. The maximum Gasteiger partial charge on any atom is 0.341 e. The van der Waals surface area contributed by atoms with Gasteiger partial charge in [-0.3, -0.25) is 9.20 Å². The van der Waals surface area contributed by atoms with Gasteiger partial charge in [0.25, 0.3) is 0 Å². The highest BCUT2D eigenvalue weighted by atomic mass is 32.2. The summed E-state index contributed by atoms with van der Waals surface area (Å²) < 4.78 is 7.27. The number of hydrogen-bond acceptors (Lipinski definition) is 7. The Morgan fingerprint density at radius 1 is 1.09 bits per heavy atom. The molecule has 0 saturated heterocycles. The molecule has 3 aromatic heterocycles. The SMILES string of the molecule is CCOC(=O)c1c(NC(=O)C(CC)Sc2nnc3cc(C)c4cc(C)cc(C)c4n23)sc(C)c1C. The van der Waals surface area contributed by atoms with Gasteiger partial charge in [-0.05, 0) is 76.8 Å². The molecule has 0 bridgehead atoms. The fraction of sp³-hybridized carbons (Fsp3) is 0.385. The van der Waals surface area contributed by atoms with Gasteiger partial charge in [-0.1, -0.05) is 30.3 Å². The molecule has 1 atom stereocenters. The highest BCUT2D eigenvalue weighted by Gasteiger charge is 2.27. The molecular weight excluding hydrogens is 480 g/mol. The van der Waals surface area contributed by atoms with Crippen molar-refractivity contribution in [1.29, 1.82) is 0 Å². The molecule has 1 aromatic carbocycles. The van der Waals surface area contributed by atoms with Crippen molar-refractivity contribution < 1.29 is 14.3 Å². The van der Waals surface area contributed by atoms with Crippen LogP contribution in [0.1, 0.15) is 57.8 Å². The lowest BCUT2D eigenvalue weighted by Gasteiger charge is -2.15. The number of carbonyl (C=O) groups excluding carboxylic acids is 2. The van der Waals surface area contributed by atoms with Crippen molar-refractivity contribution >= 4 is 56.5 Å². The summed E-state index contributed by atoms with van der Waals surface area (Å²) in [4.78, 5) is 26.9. The number of esters is 1. The van der Waals surface area contributed by atoms with Crippen molar-refractivity contribution in [3.8, 4) is 0 Å². The van der Waals surface area contributed by atoms with Gasteiger partial charge in [-0.25, -0.2) is 4.79 Å². The molecule has 3 heterocycles. The van der Waals surface area contributed by atoms with E-state index in [2.05, 4.69) is 48.4 Å². The number of rotatable bonds is 7. The lowest BCUT2D eigenvalue weighted by atomic mass is 10.0. The summed E-state index contributed by atoms with van der Waals surface area (Å²) in [6, 6.07) is 6.36. The third-order valence-electron chi connectivity index (χ3n) is 6.11. The summed E-state index contributed by atoms with van der Waals surface area (Å²) in [6.07, 6.45) is 0.589. The Kier molecular flexibility index (Phi) is 7.19. The molecule has 1 amide bonds. The van der Waals surface area contributed by atoms with Gasteiger partial charge >= 0.3 is 5.97 Å². The Labute approximate surface area is 213 Å². The van der Waals surface area contributed by atoms with Crippen molar-refractivity contribution in [2.75, 3.05) is 11.9 Å². The van der Waals surface area contributed by atoms with Crippen molar-refractivity contribution in [3.63, 3.8) is 0 Å². The molecule has 35 heavy (non-hydrogen) atoms. The largest absolute Gasteiger partial charge is 0.462 e. The Balaban J connectivity index is 1.69. The van der Waals surface area contributed by atoms with Crippen LogP contribution in [0, 0.1) is 34.6 Å². The highest BCUT2D eigenvalue weighted by Crippen LogP contribution is 2.35. The molecule has 4 aromatic rings. The average molecular weight is 511 g/mol. The zero-order chi connectivity index (χ0) is 25.4. The molecule has 0 spiro atoms. The number of carbonyl (C=O) groups is 2. The van der Waals surface area contributed by atoms with E-state index in [-0.39, 0.29) is 12.5 Å². The first-order valence-corrected chi connectivity index (χ1v) is 13.4. The first kappa shape index (κ1) is 25.2. The number of aryl methyl sites for hydroxylation is 4. The number of nitrogens with zero attached hydrogens (tertiary/aromatic N) is 3. The van der Waals surface area contributed by atoms with Gasteiger partial charge in [0.1, 0.15) is 5.00 Å². The van der Waals surface area contributed by atoms with Gasteiger partial charge in [0.2, 0.25) is 5.91 Å². The van der Waals surface area contributed by atoms with Crippen LogP contribution in [0.4, 0.5) is 5.00 Å². The Bertz CT molecular complexity index is 1450. The zero-order valence-electron chi connectivity index (χ0n) is 21.1. The second-order valence-electron chi connectivity index (χ2n) is 8.69. The van der Waals surface area contributed by atoms with E-state index in [1.165, 1.54) is 28.7 Å². The number of amides is 1. The summed E-state index contributed by atoms with van der Waals surface area (Å²) in [5.41, 5.74) is 6.56. The van der Waals surface area contributed by atoms with E-state index >= 15 is 0 Å². The van der Waals surface area contributed by atoms with Crippen LogP contribution in [-0.2, 0) is 9.53 Å². The van der Waals surface area contributed by atoms with Gasteiger partial charge in [0.05, 0.1) is 22.9 Å². The molecule has 1 N–H and O–H groups in total. The van der Waals surface area contributed by atoms with E-state index < -0.39 is 11.2 Å². The lowest BCUT2D eigenvalue weighted by Crippen LogP contribution is -2.25. The van der Waals surface area contributed by atoms with E-state index in [0.29, 0.717) is 22.1 Å². The molecule has 1 unspecified atom stereocenters. The maximum absolute atomic E-state index is 13.4. The van der Waals surface area contributed by atoms with Crippen LogP contribution >= 0.6 is 23.1 Å². The molecule has 0 fully saturated rings. The first-order valence-electron chi connectivity index (χ1n) is 11.7. The van der Waals surface area contributed by atoms with Crippen LogP contribution in [0.2, 0.25) is 0 Å². The van der Waals surface area contributed by atoms with Crippen molar-refractivity contribution in [1.82, 2.24) is 14.6 Å². The summed E-state index contributed by atoms with van der Waals surface area (Å²) in [7, 11) is 0. The maximum atomic E-state index is 13.4. The normalized spacial score (nSPS) is 12.3. The molecule has 4 rings (SSSR count). The second-order valence-corrected chi connectivity index (χ2v) is 11.1. The molecule has 9 heteroatoms. The fourth-order valence-corrected chi connectivity index (χ4v) is 6.31. The smallest absolute Gasteiger partial charge is 0.341 e. The molecule has 0 saturated carbocycles. The van der Waals surface area contributed by atoms with Crippen molar-refractivity contribution in [3.05, 3.63) is 50.9 Å². The van der Waals surface area contributed by atoms with E-state index in [0.717, 1.165) is 38.1 Å². The molecule has 184 valence electrons. The number of pyridine rings is 1. The Morgan fingerprint density at radius 3 is 2.51 bits per heavy atom. The number of aromatic nitrogens is 3. The number of hydrogen-bond donors (Lipinski definition) is 1. The minimum absolute atomic E-state index is 0.176. The number of fused-ring (bicyclic) bond motifs is 3. The van der Waals surface area contributed by atoms with Crippen LogP contribution in [0.3, 0.4) is 0 Å². The number of thiophene rings is 1. The second kappa shape index (κ2) is 9.99. The first-order chi connectivity index (χ1) is 16.7. The van der Waals surface area contributed by atoms with Gasteiger partial charge in [0.15, 0.2) is 10.8 Å². The predicted octanol–water partition coefficient (Wildman–Crippen LogP) is 6.17. The van der Waals surface area contributed by atoms with E-state index in [1.807, 2.05) is 31.2 Å². The standard InChI is InChI=1S/C26H30N4O3S2/c1-8-19(23(31)27-24-21(25(32)33-9-2)16(6)17(7)34-24)35-26-29-28-20-12-14(4)18-11-13(3)10-15(5)22(18)30(20)26/h10-12,19H,8-9H2,1-7H3,(H,27,31). The number of benzene rings is 1. The minimum atomic E-state index is -0.415. The summed E-state index contributed by atoms with van der Waals surface area (Å²) >= 11 is 2.78. The Hall–Kier alpha value is -2.91. The quantitative estimate of drug-likeness (QED) is 0.236. The van der Waals surface area contributed by atoms with Gasteiger partial charge in [-0.2, -0.15) is 0 Å². The number of ether oxygens (including phenoxy) is 1. The molecule has 7 nitrogen and oxygen atoms in total. The number of nitrogens with one attached hydrogen (secondary N) is 1. The van der Waals surface area contributed by atoms with Crippen LogP contribution < -0.4 is 5.32 Å².